The fourth-order valence-electron chi connectivity index (χ4n) is 8.50. The van der Waals surface area contributed by atoms with Crippen LogP contribution in [0.4, 0.5) is 0 Å². The van der Waals surface area contributed by atoms with Gasteiger partial charge in [0, 0.05) is 36.9 Å². The molecule has 12 amide bonds. The number of nitrogens with two attached hydrogens (primary N) is 3. The molecule has 0 aromatic carbocycles. The minimum absolute atomic E-state index is 0.00681. The predicted molar refractivity (Wildman–Crippen MR) is 329 cm³/mol. The van der Waals surface area contributed by atoms with Gasteiger partial charge in [-0.15, -0.1) is 0 Å². The van der Waals surface area contributed by atoms with E-state index < -0.39 is 268 Å². The van der Waals surface area contributed by atoms with Gasteiger partial charge in [-0.25, -0.2) is 4.57 Å². The summed E-state index contributed by atoms with van der Waals surface area (Å²) in [5, 5.41) is 101. The third kappa shape index (κ3) is 33.8. The Hall–Kier alpha value is -11.2. The van der Waals surface area contributed by atoms with Crippen LogP contribution < -0.4 is 80.3 Å². The molecule has 43 nitrogen and oxygen atoms in total. The summed E-state index contributed by atoms with van der Waals surface area (Å²) in [4.78, 5) is 238. The number of hydrogen-bond donors (Lipinski definition) is 22. The number of carbonyl (C=O) groups excluding carboxylic acids is 12. The first-order valence-electron chi connectivity index (χ1n) is 30.2. The molecular weight excluding hydrogens is 1330 g/mol. The van der Waals surface area contributed by atoms with Crippen LogP contribution >= 0.6 is 0 Å². The van der Waals surface area contributed by atoms with Crippen LogP contribution in [0.1, 0.15) is 109 Å². The third-order valence-corrected chi connectivity index (χ3v) is 13.9. The molecule has 550 valence electrons. The van der Waals surface area contributed by atoms with Crippen molar-refractivity contribution in [3.05, 3.63) is 23.5 Å². The van der Waals surface area contributed by atoms with Crippen LogP contribution in [0.2, 0.25) is 0 Å². The minimum Gasteiger partial charge on any atom is -0.502 e. The van der Waals surface area contributed by atoms with Gasteiger partial charge in [-0.3, -0.25) is 91.1 Å². The van der Waals surface area contributed by atoms with Crippen molar-refractivity contribution in [3.63, 3.8) is 0 Å². The fraction of sp³-hybridized carbons (Fsp3) is 0.571. The van der Waals surface area contributed by atoms with E-state index in [1.807, 2.05) is 0 Å². The Balaban J connectivity index is 3.94. The smallest absolute Gasteiger partial charge is 0.325 e. The van der Waals surface area contributed by atoms with Gasteiger partial charge in [0.1, 0.15) is 55.4 Å². The van der Waals surface area contributed by atoms with Crippen LogP contribution in [0.25, 0.3) is 0 Å². The first kappa shape index (κ1) is 85.8. The van der Waals surface area contributed by atoms with E-state index in [9.17, 15) is 117 Å². The van der Waals surface area contributed by atoms with E-state index in [1.165, 1.54) is 24.6 Å². The second kappa shape index (κ2) is 43.0. The molecule has 0 spiro atoms. The van der Waals surface area contributed by atoms with E-state index in [0.717, 1.165) is 24.9 Å². The van der Waals surface area contributed by atoms with E-state index in [2.05, 4.69) is 58.5 Å². The van der Waals surface area contributed by atoms with Gasteiger partial charge in [0.2, 0.25) is 77.1 Å². The summed E-state index contributed by atoms with van der Waals surface area (Å²) in [6.07, 6.45) is -3.26. The number of nitrogens with zero attached hydrogens (tertiary/aromatic N) is 2. The Morgan fingerprint density at radius 2 is 0.869 bits per heavy atom. The van der Waals surface area contributed by atoms with Gasteiger partial charge in [0.05, 0.1) is 57.1 Å². The maximum absolute atomic E-state index is 14.7. The zero-order valence-corrected chi connectivity index (χ0v) is 54.1. The van der Waals surface area contributed by atoms with Crippen molar-refractivity contribution in [2.24, 2.45) is 17.2 Å². The number of pyridine rings is 1. The van der Waals surface area contributed by atoms with Gasteiger partial charge >= 0.3 is 41.8 Å². The number of amides is 12. The molecule has 10 atom stereocenters. The van der Waals surface area contributed by atoms with Crippen LogP contribution in [0.15, 0.2) is 12.4 Å². The number of aliphatic carboxylic acids is 7. The molecule has 2 unspecified atom stereocenters. The molecule has 0 aliphatic rings. The fourth-order valence-corrected chi connectivity index (χ4v) is 8.50. The number of aromatic hydroxyl groups is 1. The molecule has 0 saturated heterocycles. The Kier molecular flexibility index (Phi) is 37.3. The molecule has 0 radical (unpaired) electrons. The van der Waals surface area contributed by atoms with E-state index in [4.69, 9.17) is 32.5 Å². The van der Waals surface area contributed by atoms with Crippen molar-refractivity contribution in [2.75, 3.05) is 39.3 Å². The minimum atomic E-state index is -2.24. The normalized spacial score (nSPS) is 13.8. The lowest BCUT2D eigenvalue weighted by Gasteiger charge is -2.27. The largest absolute Gasteiger partial charge is 0.502 e. The van der Waals surface area contributed by atoms with Crippen molar-refractivity contribution in [1.29, 1.82) is 0 Å². The van der Waals surface area contributed by atoms with E-state index in [-0.39, 0.29) is 37.9 Å². The number of unbranched alkanes of at least 4 members (excludes halogenated alkanes) is 2. The van der Waals surface area contributed by atoms with Crippen LogP contribution in [-0.2, 0) is 104 Å². The summed E-state index contributed by atoms with van der Waals surface area (Å²) in [6, 6.07) is -16.8. The molecule has 99 heavy (non-hydrogen) atoms. The maximum Gasteiger partial charge on any atom is 0.325 e. The van der Waals surface area contributed by atoms with Crippen LogP contribution in [-0.4, -0.2) is 252 Å². The molecule has 0 aliphatic heterocycles. The molecule has 1 rings (SSSR count). The molecule has 0 bridgehead atoms. The van der Waals surface area contributed by atoms with Crippen LogP contribution in [0.3, 0.4) is 0 Å². The quantitative estimate of drug-likeness (QED) is 0.0213. The van der Waals surface area contributed by atoms with E-state index in [0.29, 0.717) is 0 Å². The topological polar surface area (TPSA) is 704 Å². The second-order valence-electron chi connectivity index (χ2n) is 22.2. The number of carboxylic acids is 7. The number of hydrogen-bond acceptors (Lipinski definition) is 23. The van der Waals surface area contributed by atoms with Crippen molar-refractivity contribution in [1.82, 2.24) is 63.4 Å². The standard InChI is InChI=1S/C56H84N16O27/c1-25(47(88)62-18-36(74)60-20-38(76)64-27(3)55(96)97)66-49(90)30(57)9-8-29-22-71(14-6-5-7-15-72(24-44(86)87)54(95)34(11-13-41(80)81)69-51(92)32(59)17-43(84)85)23-35(73)45(29)46(70-52(93)33(10-12-40(78)79)68-50(91)31(58)16-42(82)83)53(94)67-26(2)48(89)63-19-37(75)61-21-39(77)65-28(4)56(98)99/h22-23,25-28,30-34,46H,5-21,24,57-59H2,1-4H3,(H18-,60,61,62,63,64,65,66,67,68,69,70,73,74,75,76,77,78,79,80,81,82,83,84,85,86,87,88,89,90,91,92,93,94,96,97,98,99)/p+1/t25-,26-,27-,28-,30?,31-,32-,33-,34-,46?/m0/s1. The molecule has 1 aromatic heterocycles. The number of aryl methyl sites for hydroxylation is 2. The van der Waals surface area contributed by atoms with Gasteiger partial charge < -0.3 is 121 Å². The summed E-state index contributed by atoms with van der Waals surface area (Å²) in [7, 11) is 0. The first-order valence-corrected chi connectivity index (χ1v) is 30.2. The van der Waals surface area contributed by atoms with Crippen molar-refractivity contribution < 1.29 is 137 Å². The lowest BCUT2D eigenvalue weighted by molar-refractivity contribution is -0.698. The van der Waals surface area contributed by atoms with Gasteiger partial charge in [-0.2, -0.15) is 0 Å². The van der Waals surface area contributed by atoms with Gasteiger partial charge in [-0.1, -0.05) is 0 Å². The Labute approximate surface area is 562 Å². The number of rotatable bonds is 47. The lowest BCUT2D eigenvalue weighted by atomic mass is 9.94. The highest BCUT2D eigenvalue weighted by molar-refractivity contribution is 5.98. The zero-order valence-electron chi connectivity index (χ0n) is 54.1. The molecule has 0 saturated carbocycles. The van der Waals surface area contributed by atoms with Crippen LogP contribution in [0, 0.1) is 0 Å². The second-order valence-corrected chi connectivity index (χ2v) is 22.2. The van der Waals surface area contributed by atoms with Gasteiger partial charge in [0.25, 0.3) is 0 Å². The Morgan fingerprint density at radius 3 is 1.31 bits per heavy atom. The molecule has 0 fully saturated rings. The summed E-state index contributed by atoms with van der Waals surface area (Å²) >= 11 is 0. The average Bonchev–Trinajstić information content (AvgIpc) is 0.795. The Morgan fingerprint density at radius 1 is 0.434 bits per heavy atom. The molecule has 43 heteroatoms. The van der Waals surface area contributed by atoms with E-state index >= 15 is 0 Å². The monoisotopic (exact) mass is 1410 g/mol. The summed E-state index contributed by atoms with van der Waals surface area (Å²) in [6.45, 7) is 0.138. The van der Waals surface area contributed by atoms with Gasteiger partial charge in [0.15, 0.2) is 11.9 Å². The molecule has 1 heterocycles. The summed E-state index contributed by atoms with van der Waals surface area (Å²) in [5.41, 5.74) is 16.9. The highest BCUT2D eigenvalue weighted by Crippen LogP contribution is 2.29. The number of nitrogens with one attached hydrogen (secondary N) is 11. The average molecular weight is 1410 g/mol. The summed E-state index contributed by atoms with van der Waals surface area (Å²) in [5.74, 6) is -24.2. The van der Waals surface area contributed by atoms with E-state index in [1.54, 1.807) is 0 Å². The SMILES string of the molecule is C[C@H](NC(=O)CNC(=O)CNC(=O)[C@H](C)NC(=O)C(N)CCc1c[n+](CCCCCN(CC(=O)O)C(=O)[C@H](CCC(=O)O)NC(=O)[C@@H](N)CC(=O)O)cc(O)c1C(NC(=O)[C@H](CCC(=O)O)NC(=O)[C@@H](N)CC(=O)O)C(=O)N[C@@H](C)C(=O)NCC(=O)NCC(=O)N[C@@H](C)C(=O)O)C(=O)O. The highest BCUT2D eigenvalue weighted by atomic mass is 16.4. The van der Waals surface area contributed by atoms with Gasteiger partial charge in [-0.05, 0) is 66.2 Å². The Bertz CT molecular complexity index is 3170. The van der Waals surface area contributed by atoms with Crippen molar-refractivity contribution >= 4 is 113 Å². The van der Waals surface area contributed by atoms with Crippen molar-refractivity contribution in [2.45, 2.75) is 165 Å². The molecular formula is C56H85N16O27+. The lowest BCUT2D eigenvalue weighted by Crippen LogP contribution is -2.55. The highest BCUT2D eigenvalue weighted by Gasteiger charge is 2.37. The number of carbonyl (C=O) groups is 19. The maximum atomic E-state index is 14.7. The van der Waals surface area contributed by atoms with Crippen LogP contribution in [0.5, 0.6) is 5.75 Å². The molecule has 0 aliphatic carbocycles. The number of carboxylic acid groups (broad SMARTS) is 7. The molecule has 25 N–H and O–H groups in total. The number of aromatic nitrogens is 1. The molecule has 1 aromatic rings. The van der Waals surface area contributed by atoms with Crippen molar-refractivity contribution in [3.8, 4) is 5.75 Å². The summed E-state index contributed by atoms with van der Waals surface area (Å²) < 4.78 is 1.30. The zero-order chi connectivity index (χ0) is 75.6. The predicted octanol–water partition coefficient (Wildman–Crippen LogP) is -9.86. The first-order chi connectivity index (χ1) is 46.1. The third-order valence-electron chi connectivity index (χ3n) is 13.9.